The van der Waals surface area contributed by atoms with Gasteiger partial charge in [-0.3, -0.25) is 13.6 Å². The van der Waals surface area contributed by atoms with Gasteiger partial charge in [0.1, 0.15) is 35.6 Å². The van der Waals surface area contributed by atoms with Gasteiger partial charge < -0.3 is 40.1 Å². The molecule has 0 radical (unpaired) electrons. The molecular formula is C13H25O11P. The van der Waals surface area contributed by atoms with Crippen LogP contribution in [0.1, 0.15) is 13.8 Å². The minimum absolute atomic E-state index is 0.600. The molecule has 0 amide bonds. The van der Waals surface area contributed by atoms with Crippen LogP contribution >= 0.6 is 7.60 Å². The summed E-state index contributed by atoms with van der Waals surface area (Å²) in [6, 6.07) is 0. The van der Waals surface area contributed by atoms with Crippen LogP contribution in [0.25, 0.3) is 0 Å². The molecule has 11 nitrogen and oxygen atoms in total. The Labute approximate surface area is 144 Å². The van der Waals surface area contributed by atoms with Crippen LogP contribution in [0.3, 0.4) is 0 Å². The topological polar surface area (TPSA) is 175 Å². The molecule has 2 unspecified atom stereocenters. The van der Waals surface area contributed by atoms with E-state index in [1.54, 1.807) is 0 Å². The molecule has 2 saturated heterocycles. The van der Waals surface area contributed by atoms with Gasteiger partial charge in [0.05, 0.1) is 13.2 Å². The van der Waals surface area contributed by atoms with E-state index in [-0.39, 0.29) is 0 Å². The molecule has 2 fully saturated rings. The highest BCUT2D eigenvalue weighted by Gasteiger charge is 2.57. The van der Waals surface area contributed by atoms with E-state index in [1.165, 1.54) is 13.8 Å². The Morgan fingerprint density at radius 1 is 0.920 bits per heavy atom. The Morgan fingerprint density at radius 2 is 1.24 bits per heavy atom. The molecule has 0 aromatic carbocycles. The molecular weight excluding hydrogens is 363 g/mol. The van der Waals surface area contributed by atoms with Gasteiger partial charge in [0.25, 0.3) is 0 Å². The number of hydrogen-bond acceptors (Lipinski definition) is 11. The van der Waals surface area contributed by atoms with Gasteiger partial charge in [0.2, 0.25) is 0 Å². The molecule has 2 heterocycles. The largest absolute Gasteiger partial charge is 0.394 e. The van der Waals surface area contributed by atoms with Crippen LogP contribution in [0.2, 0.25) is 0 Å². The average Bonchev–Trinajstić information content (AvgIpc) is 2.85. The molecule has 12 heteroatoms. The van der Waals surface area contributed by atoms with Gasteiger partial charge in [-0.25, -0.2) is 0 Å². The summed E-state index contributed by atoms with van der Waals surface area (Å²) in [6.45, 7) is 2.16. The lowest BCUT2D eigenvalue weighted by molar-refractivity contribution is -0.182. The third-order valence-corrected chi connectivity index (χ3v) is 5.54. The number of rotatable bonds is 6. The van der Waals surface area contributed by atoms with Crippen molar-refractivity contribution in [1.29, 1.82) is 0 Å². The van der Waals surface area contributed by atoms with Crippen LogP contribution in [-0.4, -0.2) is 98.7 Å². The lowest BCUT2D eigenvalue weighted by Gasteiger charge is -2.31. The second-order valence-electron chi connectivity index (χ2n) is 6.70. The van der Waals surface area contributed by atoms with Crippen molar-refractivity contribution in [2.45, 2.75) is 62.0 Å². The van der Waals surface area contributed by atoms with E-state index in [0.717, 1.165) is 6.66 Å². The van der Waals surface area contributed by atoms with Crippen LogP contribution in [-0.2, 0) is 23.1 Å². The zero-order chi connectivity index (χ0) is 19.2. The fraction of sp³-hybridized carbons (Fsp3) is 1.00. The van der Waals surface area contributed by atoms with Crippen molar-refractivity contribution >= 4 is 7.60 Å². The summed E-state index contributed by atoms with van der Waals surface area (Å²) in [5, 5.41) is 58.5. The van der Waals surface area contributed by atoms with Gasteiger partial charge in [-0.2, -0.15) is 0 Å². The first-order chi connectivity index (χ1) is 11.4. The smallest absolute Gasteiger partial charge is 0.332 e. The van der Waals surface area contributed by atoms with Gasteiger partial charge in [0.15, 0.2) is 12.6 Å². The molecule has 8 atom stereocenters. The van der Waals surface area contributed by atoms with E-state index in [0.29, 0.717) is 0 Å². The van der Waals surface area contributed by atoms with E-state index in [9.17, 15) is 25.0 Å². The molecule has 25 heavy (non-hydrogen) atoms. The lowest BCUT2D eigenvalue weighted by atomic mass is 9.98. The second-order valence-corrected chi connectivity index (χ2v) is 8.67. The minimum Gasteiger partial charge on any atom is -0.394 e. The summed E-state index contributed by atoms with van der Waals surface area (Å²) in [4.78, 5) is 0. The summed E-state index contributed by atoms with van der Waals surface area (Å²) in [5.41, 5.74) is -3.96. The number of aliphatic hydroxyl groups is 6. The highest BCUT2D eigenvalue weighted by molar-refractivity contribution is 7.53. The van der Waals surface area contributed by atoms with E-state index < -0.39 is 69.0 Å². The predicted molar refractivity (Wildman–Crippen MR) is 80.5 cm³/mol. The molecule has 148 valence electrons. The number of aliphatic hydroxyl groups excluding tert-OH is 4. The summed E-state index contributed by atoms with van der Waals surface area (Å²) in [6.07, 6.45) is -8.44. The SMILES string of the molecule is C[C@]1(O)C(OP(C)(=O)OC2O[C@H](CO)[C@@H](O)[C@@]2(C)O)O[C@H](CO)[C@H]1O. The Bertz CT molecular complexity index is 482. The molecule has 2 aliphatic rings. The average molecular weight is 388 g/mol. The molecule has 0 aliphatic carbocycles. The maximum absolute atomic E-state index is 12.6. The van der Waals surface area contributed by atoms with Crippen LogP contribution in [0.5, 0.6) is 0 Å². The quantitative estimate of drug-likeness (QED) is 0.265. The first kappa shape index (κ1) is 21.1. The first-order valence-corrected chi connectivity index (χ1v) is 9.63. The monoisotopic (exact) mass is 388 g/mol. The zero-order valence-corrected chi connectivity index (χ0v) is 14.9. The third-order valence-electron chi connectivity index (χ3n) is 4.39. The highest BCUT2D eigenvalue weighted by atomic mass is 31.2. The molecule has 0 spiro atoms. The molecule has 0 aromatic heterocycles. The van der Waals surface area contributed by atoms with Gasteiger partial charge >= 0.3 is 7.60 Å². The Balaban J connectivity index is 2.09. The highest BCUT2D eigenvalue weighted by Crippen LogP contribution is 2.52. The molecule has 2 aliphatic heterocycles. The standard InChI is InChI=1S/C13H25O11P/c1-12(18)8(16)6(4-14)21-10(12)23-25(3,20)24-11-13(2,19)9(17)7(5-15)22-11/h6-11,14-19H,4-5H2,1-3H3/t6-,7-,8-,9-,10?,11?,12-,13-,25?/m1/s1. The third kappa shape index (κ3) is 3.92. The molecule has 6 N–H and O–H groups in total. The predicted octanol–water partition coefficient (Wildman–Crippen LogP) is -2.50. The van der Waals surface area contributed by atoms with Gasteiger partial charge in [-0.05, 0) is 13.8 Å². The summed E-state index contributed by atoms with van der Waals surface area (Å²) < 4.78 is 33.1. The summed E-state index contributed by atoms with van der Waals surface area (Å²) in [5.74, 6) is 0. The first-order valence-electron chi connectivity index (χ1n) is 7.64. The number of ether oxygens (including phenoxy) is 2. The summed E-state index contributed by atoms with van der Waals surface area (Å²) >= 11 is 0. The van der Waals surface area contributed by atoms with Gasteiger partial charge in [-0.1, -0.05) is 0 Å². The fourth-order valence-electron chi connectivity index (χ4n) is 2.69. The van der Waals surface area contributed by atoms with Crippen LogP contribution in [0, 0.1) is 0 Å². The maximum atomic E-state index is 12.6. The van der Waals surface area contributed by atoms with Crippen molar-refractivity contribution in [3.05, 3.63) is 0 Å². The maximum Gasteiger partial charge on any atom is 0.332 e. The van der Waals surface area contributed by atoms with Crippen molar-refractivity contribution in [3.63, 3.8) is 0 Å². The Kier molecular flexibility index (Phi) is 6.00. The van der Waals surface area contributed by atoms with Crippen molar-refractivity contribution in [3.8, 4) is 0 Å². The van der Waals surface area contributed by atoms with Crippen molar-refractivity contribution < 1.29 is 53.7 Å². The van der Waals surface area contributed by atoms with E-state index in [4.69, 9.17) is 28.7 Å². The normalized spacial score (nSPS) is 50.1. The Morgan fingerprint density at radius 3 is 1.48 bits per heavy atom. The molecule has 0 saturated carbocycles. The van der Waals surface area contributed by atoms with Crippen LogP contribution in [0.4, 0.5) is 0 Å². The van der Waals surface area contributed by atoms with E-state index >= 15 is 0 Å². The van der Waals surface area contributed by atoms with Crippen molar-refractivity contribution in [1.82, 2.24) is 0 Å². The van der Waals surface area contributed by atoms with Crippen LogP contribution < -0.4 is 0 Å². The van der Waals surface area contributed by atoms with E-state index in [1.807, 2.05) is 0 Å². The van der Waals surface area contributed by atoms with Crippen LogP contribution in [0.15, 0.2) is 0 Å². The Hall–Kier alpha value is -0.170. The van der Waals surface area contributed by atoms with Gasteiger partial charge in [-0.15, -0.1) is 0 Å². The van der Waals surface area contributed by atoms with Crippen molar-refractivity contribution in [2.24, 2.45) is 0 Å². The summed E-state index contributed by atoms with van der Waals surface area (Å²) in [7, 11) is -4.03. The van der Waals surface area contributed by atoms with Gasteiger partial charge in [0, 0.05) is 6.66 Å². The minimum atomic E-state index is -4.03. The molecule has 0 aromatic rings. The lowest BCUT2D eigenvalue weighted by Crippen LogP contribution is -2.47. The van der Waals surface area contributed by atoms with E-state index in [2.05, 4.69) is 0 Å². The second kappa shape index (κ2) is 7.10. The zero-order valence-electron chi connectivity index (χ0n) is 14.1. The fourth-order valence-corrected chi connectivity index (χ4v) is 3.97. The molecule has 0 bridgehead atoms. The van der Waals surface area contributed by atoms with Crippen molar-refractivity contribution in [2.75, 3.05) is 19.9 Å². The number of hydrogen-bond donors (Lipinski definition) is 6. The molecule has 2 rings (SSSR count).